The molecule has 0 saturated heterocycles. The van der Waals surface area contributed by atoms with E-state index in [-0.39, 0.29) is 35.7 Å². The fourth-order valence-corrected chi connectivity index (χ4v) is 3.40. The number of hydrogen-bond donors (Lipinski definition) is 2. The molecular formula is C13H21N3O4S. The molecule has 118 valence electrons. The summed E-state index contributed by atoms with van der Waals surface area (Å²) in [4.78, 5) is 14.2. The van der Waals surface area contributed by atoms with E-state index in [1.165, 1.54) is 16.8 Å². The summed E-state index contributed by atoms with van der Waals surface area (Å²) in [7, 11) is -2.23. The van der Waals surface area contributed by atoms with Crippen LogP contribution in [0.5, 0.6) is 0 Å². The molecule has 1 aliphatic carbocycles. The molecule has 0 aliphatic heterocycles. The summed E-state index contributed by atoms with van der Waals surface area (Å²) in [5, 5.41) is 14.3. The fraction of sp³-hybridized carbons (Fsp3) is 0.615. The molecule has 1 saturated carbocycles. The van der Waals surface area contributed by atoms with Gasteiger partial charge in [0, 0.05) is 25.8 Å². The average Bonchev–Trinajstić information content (AvgIpc) is 3.03. The van der Waals surface area contributed by atoms with Crippen molar-refractivity contribution in [2.45, 2.75) is 36.6 Å². The third-order valence-corrected chi connectivity index (χ3v) is 4.78. The molecule has 0 spiro atoms. The summed E-state index contributed by atoms with van der Waals surface area (Å²) in [6.45, 7) is 0.133. The zero-order valence-electron chi connectivity index (χ0n) is 12.0. The highest BCUT2D eigenvalue weighted by Crippen LogP contribution is 2.25. The van der Waals surface area contributed by atoms with E-state index < -0.39 is 10.0 Å². The van der Waals surface area contributed by atoms with E-state index in [4.69, 9.17) is 5.14 Å². The van der Waals surface area contributed by atoms with Crippen molar-refractivity contribution in [3.63, 3.8) is 0 Å². The Morgan fingerprint density at radius 2 is 2.10 bits per heavy atom. The first kappa shape index (κ1) is 16.0. The third-order valence-electron chi connectivity index (χ3n) is 3.89. The first-order chi connectivity index (χ1) is 9.84. The van der Waals surface area contributed by atoms with Gasteiger partial charge in [-0.3, -0.25) is 4.79 Å². The Bertz CT molecular complexity index is 617. The molecule has 7 nitrogen and oxygen atoms in total. The van der Waals surface area contributed by atoms with Crippen LogP contribution in [0, 0.1) is 0 Å². The molecule has 0 unspecified atom stereocenters. The highest BCUT2D eigenvalue weighted by atomic mass is 32.2. The van der Waals surface area contributed by atoms with Crippen LogP contribution in [0.3, 0.4) is 0 Å². The van der Waals surface area contributed by atoms with Gasteiger partial charge >= 0.3 is 0 Å². The molecule has 1 aromatic rings. The summed E-state index contributed by atoms with van der Waals surface area (Å²) in [6.07, 6.45) is 5.29. The van der Waals surface area contributed by atoms with E-state index >= 15 is 0 Å². The molecule has 1 amide bonds. The minimum atomic E-state index is -3.84. The summed E-state index contributed by atoms with van der Waals surface area (Å²) >= 11 is 0. The molecule has 1 heterocycles. The van der Waals surface area contributed by atoms with Crippen LogP contribution in [0.2, 0.25) is 0 Å². The van der Waals surface area contributed by atoms with Crippen molar-refractivity contribution in [3.05, 3.63) is 18.0 Å². The maximum Gasteiger partial charge on any atom is 0.270 e. The Labute approximate surface area is 124 Å². The highest BCUT2D eigenvalue weighted by Gasteiger charge is 2.29. The molecule has 1 fully saturated rings. The number of nitrogens with zero attached hydrogens (tertiary/aromatic N) is 2. The van der Waals surface area contributed by atoms with Crippen molar-refractivity contribution in [1.82, 2.24) is 9.47 Å². The number of hydrogen-bond acceptors (Lipinski definition) is 4. The monoisotopic (exact) mass is 315 g/mol. The minimum Gasteiger partial charge on any atom is -0.395 e. The van der Waals surface area contributed by atoms with Gasteiger partial charge in [0.05, 0.1) is 6.61 Å². The lowest BCUT2D eigenvalue weighted by molar-refractivity contribution is 0.0628. The summed E-state index contributed by atoms with van der Waals surface area (Å²) in [5.41, 5.74) is 0.263. The van der Waals surface area contributed by atoms with Crippen LogP contribution in [0.25, 0.3) is 0 Å². The second-order valence-electron chi connectivity index (χ2n) is 5.38. The number of aliphatic hydroxyl groups is 1. The van der Waals surface area contributed by atoms with Gasteiger partial charge in [0.2, 0.25) is 10.0 Å². The number of amides is 1. The molecule has 1 aromatic heterocycles. The number of sulfonamides is 1. The topological polar surface area (TPSA) is 106 Å². The smallest absolute Gasteiger partial charge is 0.270 e. The number of carbonyl (C=O) groups is 1. The first-order valence-corrected chi connectivity index (χ1v) is 8.50. The Balaban J connectivity index is 2.30. The molecule has 1 aliphatic rings. The number of aromatic nitrogens is 1. The van der Waals surface area contributed by atoms with Crippen molar-refractivity contribution in [1.29, 1.82) is 0 Å². The Kier molecular flexibility index (Phi) is 4.70. The Morgan fingerprint density at radius 1 is 1.48 bits per heavy atom. The Hall–Kier alpha value is -1.38. The van der Waals surface area contributed by atoms with Crippen LogP contribution in [0.4, 0.5) is 0 Å². The van der Waals surface area contributed by atoms with Gasteiger partial charge in [0.25, 0.3) is 5.91 Å². The van der Waals surface area contributed by atoms with Gasteiger partial charge in [0.1, 0.15) is 10.6 Å². The van der Waals surface area contributed by atoms with Crippen LogP contribution in [0.15, 0.2) is 17.2 Å². The number of carbonyl (C=O) groups excluding carboxylic acids is 1. The number of aryl methyl sites for hydroxylation is 1. The molecule has 21 heavy (non-hydrogen) atoms. The van der Waals surface area contributed by atoms with Crippen molar-refractivity contribution in [3.8, 4) is 0 Å². The van der Waals surface area contributed by atoms with E-state index in [0.29, 0.717) is 0 Å². The molecule has 0 atom stereocenters. The van der Waals surface area contributed by atoms with E-state index in [9.17, 15) is 18.3 Å². The predicted octanol–water partition coefficient (Wildman–Crippen LogP) is 0.0496. The van der Waals surface area contributed by atoms with Crippen LogP contribution in [-0.2, 0) is 17.1 Å². The lowest BCUT2D eigenvalue weighted by atomic mass is 10.2. The van der Waals surface area contributed by atoms with Crippen molar-refractivity contribution < 1.29 is 18.3 Å². The number of primary sulfonamides is 1. The highest BCUT2D eigenvalue weighted by molar-refractivity contribution is 7.89. The first-order valence-electron chi connectivity index (χ1n) is 6.95. The van der Waals surface area contributed by atoms with E-state index in [2.05, 4.69) is 0 Å². The number of nitrogens with two attached hydrogens (primary N) is 1. The SMILES string of the molecule is Cn1cc(S(N)(=O)=O)cc1C(=O)N(CCO)C1CCCC1. The summed E-state index contributed by atoms with van der Waals surface area (Å²) < 4.78 is 24.2. The van der Waals surface area contributed by atoms with Crippen molar-refractivity contribution in [2.75, 3.05) is 13.2 Å². The van der Waals surface area contributed by atoms with E-state index in [0.717, 1.165) is 25.7 Å². The predicted molar refractivity (Wildman–Crippen MR) is 77.2 cm³/mol. The van der Waals surface area contributed by atoms with Gasteiger partial charge in [-0.1, -0.05) is 12.8 Å². The van der Waals surface area contributed by atoms with Gasteiger partial charge in [-0.15, -0.1) is 0 Å². The van der Waals surface area contributed by atoms with Crippen LogP contribution in [-0.4, -0.2) is 48.1 Å². The maximum atomic E-state index is 12.6. The van der Waals surface area contributed by atoms with Crippen LogP contribution >= 0.6 is 0 Å². The lowest BCUT2D eigenvalue weighted by Crippen LogP contribution is -2.41. The number of aliphatic hydroxyl groups excluding tert-OH is 1. The lowest BCUT2D eigenvalue weighted by Gasteiger charge is -2.28. The molecular weight excluding hydrogens is 294 g/mol. The minimum absolute atomic E-state index is 0.0799. The van der Waals surface area contributed by atoms with E-state index in [1.807, 2.05) is 0 Å². The molecule has 2 rings (SSSR count). The molecule has 0 bridgehead atoms. The average molecular weight is 315 g/mol. The van der Waals surface area contributed by atoms with Crippen LogP contribution < -0.4 is 5.14 Å². The van der Waals surface area contributed by atoms with Gasteiger partial charge in [-0.05, 0) is 18.9 Å². The molecule has 0 aromatic carbocycles. The largest absolute Gasteiger partial charge is 0.395 e. The molecule has 3 N–H and O–H groups in total. The quantitative estimate of drug-likeness (QED) is 0.800. The summed E-state index contributed by atoms with van der Waals surface area (Å²) in [6, 6.07) is 1.40. The van der Waals surface area contributed by atoms with Gasteiger partial charge in [-0.25, -0.2) is 13.6 Å². The van der Waals surface area contributed by atoms with E-state index in [1.54, 1.807) is 11.9 Å². The standard InChI is InChI=1S/C13H21N3O4S/c1-15-9-11(21(14,19)20)8-12(15)13(18)16(6-7-17)10-4-2-3-5-10/h8-10,17H,2-7H2,1H3,(H2,14,19,20). The molecule has 0 radical (unpaired) electrons. The van der Waals surface area contributed by atoms with Gasteiger partial charge < -0.3 is 14.6 Å². The van der Waals surface area contributed by atoms with Crippen LogP contribution in [0.1, 0.15) is 36.2 Å². The number of rotatable bonds is 5. The normalized spacial score (nSPS) is 16.3. The third kappa shape index (κ3) is 3.45. The van der Waals surface area contributed by atoms with Gasteiger partial charge in [-0.2, -0.15) is 0 Å². The summed E-state index contributed by atoms with van der Waals surface area (Å²) in [5.74, 6) is -0.270. The molecule has 8 heteroatoms. The van der Waals surface area contributed by atoms with Crippen molar-refractivity contribution in [2.24, 2.45) is 12.2 Å². The second kappa shape index (κ2) is 6.17. The fourth-order valence-electron chi connectivity index (χ4n) is 2.82. The Morgan fingerprint density at radius 3 is 2.57 bits per heavy atom. The second-order valence-corrected chi connectivity index (χ2v) is 6.94. The van der Waals surface area contributed by atoms with Gasteiger partial charge in [0.15, 0.2) is 0 Å². The zero-order valence-corrected chi connectivity index (χ0v) is 12.8. The zero-order chi connectivity index (χ0) is 15.6. The van der Waals surface area contributed by atoms with Crippen molar-refractivity contribution >= 4 is 15.9 Å². The maximum absolute atomic E-state index is 12.6.